The molecule has 8 heteroatoms. The van der Waals surface area contributed by atoms with Crippen LogP contribution in [0.2, 0.25) is 0 Å². The largest absolute Gasteiger partial charge is 0.454 e. The van der Waals surface area contributed by atoms with Crippen molar-refractivity contribution in [3.05, 3.63) is 53.9 Å². The third kappa shape index (κ3) is 3.80. The standard InChI is InChI=1S/C17H18N2O5S/c20-16(15-4-3-9-18-15)12-24-17(21)13-5-7-14(8-6-13)25(22,23)19-10-1-2-11-19/h3-9,18H,1-2,10-12H2. The minimum Gasteiger partial charge on any atom is -0.454 e. The van der Waals surface area contributed by atoms with E-state index in [2.05, 4.69) is 4.98 Å². The van der Waals surface area contributed by atoms with Crippen LogP contribution in [0.5, 0.6) is 0 Å². The Bertz CT molecular complexity index is 851. The smallest absolute Gasteiger partial charge is 0.338 e. The van der Waals surface area contributed by atoms with Crippen molar-refractivity contribution in [2.75, 3.05) is 19.7 Å². The summed E-state index contributed by atoms with van der Waals surface area (Å²) < 4.78 is 31.3. The van der Waals surface area contributed by atoms with Crippen LogP contribution in [0.4, 0.5) is 0 Å². The lowest BCUT2D eigenvalue weighted by Gasteiger charge is -2.15. The van der Waals surface area contributed by atoms with Gasteiger partial charge in [-0.15, -0.1) is 0 Å². The Hall–Kier alpha value is -2.45. The van der Waals surface area contributed by atoms with Crippen molar-refractivity contribution < 1.29 is 22.7 Å². The minimum absolute atomic E-state index is 0.147. The van der Waals surface area contributed by atoms with Crippen molar-refractivity contribution in [3.63, 3.8) is 0 Å². The van der Waals surface area contributed by atoms with Gasteiger partial charge in [-0.05, 0) is 49.2 Å². The van der Waals surface area contributed by atoms with E-state index in [0.717, 1.165) is 12.8 Å². The number of H-pyrrole nitrogens is 1. The first-order valence-corrected chi connectivity index (χ1v) is 9.36. The van der Waals surface area contributed by atoms with E-state index in [-0.39, 0.29) is 22.8 Å². The Balaban J connectivity index is 1.63. The van der Waals surface area contributed by atoms with Gasteiger partial charge in [0.15, 0.2) is 6.61 Å². The van der Waals surface area contributed by atoms with Gasteiger partial charge in [0, 0.05) is 19.3 Å². The van der Waals surface area contributed by atoms with Crippen molar-refractivity contribution in [1.29, 1.82) is 0 Å². The Labute approximate surface area is 145 Å². The fourth-order valence-corrected chi connectivity index (χ4v) is 4.15. The van der Waals surface area contributed by atoms with Crippen LogP contribution in [0.25, 0.3) is 0 Å². The molecular weight excluding hydrogens is 344 g/mol. The third-order valence-corrected chi connectivity index (χ3v) is 5.94. The number of rotatable bonds is 6. The van der Waals surface area contributed by atoms with Crippen LogP contribution in [0, 0.1) is 0 Å². The highest BCUT2D eigenvalue weighted by molar-refractivity contribution is 7.89. The molecule has 0 spiro atoms. The Morgan fingerprint density at radius 3 is 2.36 bits per heavy atom. The average Bonchev–Trinajstić information content (AvgIpc) is 3.33. The van der Waals surface area contributed by atoms with Gasteiger partial charge in [0.25, 0.3) is 0 Å². The molecule has 0 saturated carbocycles. The van der Waals surface area contributed by atoms with Gasteiger partial charge in [-0.25, -0.2) is 13.2 Å². The first-order chi connectivity index (χ1) is 12.0. The molecule has 2 heterocycles. The van der Waals surface area contributed by atoms with Gasteiger partial charge in [-0.1, -0.05) is 0 Å². The molecule has 1 aliphatic rings. The number of Topliss-reactive ketones (excluding diaryl/α,β-unsaturated/α-hetero) is 1. The molecule has 7 nitrogen and oxygen atoms in total. The number of ether oxygens (including phenoxy) is 1. The molecule has 0 bridgehead atoms. The first-order valence-electron chi connectivity index (χ1n) is 7.92. The lowest BCUT2D eigenvalue weighted by molar-refractivity contribution is 0.0473. The van der Waals surface area contributed by atoms with E-state index >= 15 is 0 Å². The van der Waals surface area contributed by atoms with Crippen LogP contribution in [0.15, 0.2) is 47.5 Å². The fraction of sp³-hybridized carbons (Fsp3) is 0.294. The molecule has 0 amide bonds. The molecule has 0 unspecified atom stereocenters. The maximum absolute atomic E-state index is 12.4. The number of aromatic amines is 1. The lowest BCUT2D eigenvalue weighted by atomic mass is 10.2. The van der Waals surface area contributed by atoms with E-state index in [9.17, 15) is 18.0 Å². The number of hydrogen-bond donors (Lipinski definition) is 1. The zero-order chi connectivity index (χ0) is 17.9. The summed E-state index contributed by atoms with van der Waals surface area (Å²) >= 11 is 0. The van der Waals surface area contributed by atoms with E-state index in [0.29, 0.717) is 18.8 Å². The SMILES string of the molecule is O=C(OCC(=O)c1ccc[nH]1)c1ccc(S(=O)(=O)N2CCCC2)cc1. The summed E-state index contributed by atoms with van der Waals surface area (Å²) in [7, 11) is -3.51. The average molecular weight is 362 g/mol. The van der Waals surface area contributed by atoms with Crippen LogP contribution in [0.1, 0.15) is 33.7 Å². The number of carbonyl (C=O) groups excluding carboxylic acids is 2. The normalized spacial score (nSPS) is 15.2. The van der Waals surface area contributed by atoms with E-state index in [1.54, 1.807) is 18.3 Å². The van der Waals surface area contributed by atoms with Gasteiger partial charge >= 0.3 is 5.97 Å². The predicted molar refractivity (Wildman–Crippen MR) is 89.8 cm³/mol. The number of nitrogens with one attached hydrogen (secondary N) is 1. The summed E-state index contributed by atoms with van der Waals surface area (Å²) in [6.45, 7) is 0.660. The highest BCUT2D eigenvalue weighted by Gasteiger charge is 2.27. The second kappa shape index (κ2) is 7.20. The highest BCUT2D eigenvalue weighted by atomic mass is 32.2. The summed E-state index contributed by atoms with van der Waals surface area (Å²) in [6.07, 6.45) is 3.32. The van der Waals surface area contributed by atoms with Crippen molar-refractivity contribution in [3.8, 4) is 0 Å². The highest BCUT2D eigenvalue weighted by Crippen LogP contribution is 2.21. The maximum atomic E-state index is 12.4. The monoisotopic (exact) mass is 362 g/mol. The van der Waals surface area contributed by atoms with Gasteiger partial charge in [0.05, 0.1) is 16.2 Å². The zero-order valence-electron chi connectivity index (χ0n) is 13.5. The fourth-order valence-electron chi connectivity index (χ4n) is 2.64. The molecule has 0 atom stereocenters. The van der Waals surface area contributed by atoms with Crippen molar-refractivity contribution in [2.45, 2.75) is 17.7 Å². The van der Waals surface area contributed by atoms with Crippen molar-refractivity contribution in [1.82, 2.24) is 9.29 Å². The van der Waals surface area contributed by atoms with Gasteiger partial charge in [0.2, 0.25) is 15.8 Å². The summed E-state index contributed by atoms with van der Waals surface area (Å²) in [5.41, 5.74) is 0.555. The van der Waals surface area contributed by atoms with E-state index < -0.39 is 16.0 Å². The molecule has 0 radical (unpaired) electrons. The molecule has 0 aliphatic carbocycles. The van der Waals surface area contributed by atoms with Crippen LogP contribution < -0.4 is 0 Å². The number of nitrogens with zero attached hydrogens (tertiary/aromatic N) is 1. The number of esters is 1. The maximum Gasteiger partial charge on any atom is 0.338 e. The third-order valence-electron chi connectivity index (χ3n) is 4.03. The Morgan fingerprint density at radius 2 is 1.76 bits per heavy atom. The molecule has 3 rings (SSSR count). The molecule has 1 aliphatic heterocycles. The number of aromatic nitrogens is 1. The van der Waals surface area contributed by atoms with E-state index in [1.165, 1.54) is 28.6 Å². The Kier molecular flexibility index (Phi) is 5.00. The second-order valence-electron chi connectivity index (χ2n) is 5.72. The number of carbonyl (C=O) groups is 2. The summed E-state index contributed by atoms with van der Waals surface area (Å²) in [5.74, 6) is -1.02. The predicted octanol–water partition coefficient (Wildman–Crippen LogP) is 1.84. The topological polar surface area (TPSA) is 96.5 Å². The molecule has 25 heavy (non-hydrogen) atoms. The minimum atomic E-state index is -3.51. The molecule has 1 fully saturated rings. The van der Waals surface area contributed by atoms with Crippen LogP contribution in [-0.4, -0.2) is 49.2 Å². The lowest BCUT2D eigenvalue weighted by Crippen LogP contribution is -2.27. The van der Waals surface area contributed by atoms with Crippen molar-refractivity contribution >= 4 is 21.8 Å². The molecule has 2 aromatic rings. The van der Waals surface area contributed by atoms with Gasteiger partial charge in [-0.3, -0.25) is 4.79 Å². The van der Waals surface area contributed by atoms with Crippen LogP contribution >= 0.6 is 0 Å². The number of hydrogen-bond acceptors (Lipinski definition) is 5. The Morgan fingerprint density at radius 1 is 1.08 bits per heavy atom. The van der Waals surface area contributed by atoms with E-state index in [4.69, 9.17) is 4.74 Å². The molecule has 132 valence electrons. The summed E-state index contributed by atoms with van der Waals surface area (Å²) in [6, 6.07) is 8.83. The second-order valence-corrected chi connectivity index (χ2v) is 7.66. The zero-order valence-corrected chi connectivity index (χ0v) is 14.3. The van der Waals surface area contributed by atoms with Gasteiger partial charge in [-0.2, -0.15) is 4.31 Å². The first kappa shape index (κ1) is 17.4. The number of benzene rings is 1. The van der Waals surface area contributed by atoms with Gasteiger partial charge < -0.3 is 9.72 Å². The van der Waals surface area contributed by atoms with Crippen molar-refractivity contribution in [2.24, 2.45) is 0 Å². The van der Waals surface area contributed by atoms with Crippen LogP contribution in [-0.2, 0) is 14.8 Å². The number of sulfonamides is 1. The van der Waals surface area contributed by atoms with E-state index in [1.807, 2.05) is 0 Å². The molecule has 1 N–H and O–H groups in total. The van der Waals surface area contributed by atoms with Crippen LogP contribution in [0.3, 0.4) is 0 Å². The summed E-state index contributed by atoms with van der Waals surface area (Å²) in [5, 5.41) is 0. The molecule has 1 aromatic carbocycles. The quantitative estimate of drug-likeness (QED) is 0.625. The summed E-state index contributed by atoms with van der Waals surface area (Å²) in [4.78, 5) is 26.7. The molecular formula is C17H18N2O5S. The number of ketones is 1. The molecule has 1 saturated heterocycles. The van der Waals surface area contributed by atoms with Gasteiger partial charge in [0.1, 0.15) is 0 Å². The molecule has 1 aromatic heterocycles.